The summed E-state index contributed by atoms with van der Waals surface area (Å²) in [6.07, 6.45) is 0. The highest BCUT2D eigenvalue weighted by Gasteiger charge is 2.16. The third-order valence-corrected chi connectivity index (χ3v) is 1.90. The summed E-state index contributed by atoms with van der Waals surface area (Å²) >= 11 is 5.69. The van der Waals surface area contributed by atoms with Crippen molar-refractivity contribution < 1.29 is 9.66 Å². The summed E-state index contributed by atoms with van der Waals surface area (Å²) in [5, 5.41) is 10.7. The number of nitrogens with zero attached hydrogens (tertiary/aromatic N) is 1. The van der Waals surface area contributed by atoms with Crippen LogP contribution in [-0.4, -0.2) is 11.5 Å². The number of hydrogen-bond donors (Lipinski definition) is 1. The Morgan fingerprint density at radius 1 is 1.64 bits per heavy atom. The largest absolute Gasteiger partial charge is 0.494 e. The zero-order valence-electron chi connectivity index (χ0n) is 7.49. The van der Waals surface area contributed by atoms with Crippen LogP contribution >= 0.6 is 11.6 Å². The van der Waals surface area contributed by atoms with Gasteiger partial charge in [0.1, 0.15) is 11.4 Å². The van der Waals surface area contributed by atoms with Gasteiger partial charge < -0.3 is 10.5 Å². The van der Waals surface area contributed by atoms with E-state index < -0.39 is 4.92 Å². The van der Waals surface area contributed by atoms with Gasteiger partial charge in [-0.2, -0.15) is 0 Å². The second-order valence-corrected chi connectivity index (χ2v) is 2.94. The smallest absolute Gasteiger partial charge is 0.297 e. The molecule has 0 heterocycles. The predicted octanol–water partition coefficient (Wildman–Crippen LogP) is 2.23. The average Bonchev–Trinajstić information content (AvgIpc) is 2.11. The normalized spacial score (nSPS) is 9.86. The first kappa shape index (κ1) is 10.6. The number of halogens is 1. The molecular weight excluding hydrogens is 208 g/mol. The third-order valence-electron chi connectivity index (χ3n) is 1.59. The lowest BCUT2D eigenvalue weighted by molar-refractivity contribution is -0.384. The molecule has 76 valence electrons. The van der Waals surface area contributed by atoms with Crippen LogP contribution in [0, 0.1) is 10.1 Å². The summed E-state index contributed by atoms with van der Waals surface area (Å²) in [5.41, 5.74) is 5.14. The molecule has 0 radical (unpaired) electrons. The minimum atomic E-state index is -0.594. The molecule has 0 saturated carbocycles. The van der Waals surface area contributed by atoms with E-state index in [1.807, 2.05) is 0 Å². The van der Waals surface area contributed by atoms with Gasteiger partial charge in [0.15, 0.2) is 0 Å². The highest BCUT2D eigenvalue weighted by atomic mass is 35.5. The summed E-state index contributed by atoms with van der Waals surface area (Å²) in [6, 6.07) is 2.71. The molecule has 1 aromatic carbocycles. The monoisotopic (exact) mass is 216 g/mol. The average molecular weight is 217 g/mol. The molecule has 0 aliphatic rings. The Morgan fingerprint density at radius 3 is 2.79 bits per heavy atom. The second kappa shape index (κ2) is 4.15. The second-order valence-electron chi connectivity index (χ2n) is 2.53. The molecule has 2 N–H and O–H groups in total. The van der Waals surface area contributed by atoms with E-state index in [4.69, 9.17) is 22.1 Å². The number of ether oxygens (including phenoxy) is 1. The van der Waals surface area contributed by atoms with Gasteiger partial charge in [-0.05, 0) is 6.92 Å². The van der Waals surface area contributed by atoms with Gasteiger partial charge in [-0.3, -0.25) is 10.1 Å². The van der Waals surface area contributed by atoms with Crippen LogP contribution in [0.1, 0.15) is 6.92 Å². The summed E-state index contributed by atoms with van der Waals surface area (Å²) < 4.78 is 5.09. The van der Waals surface area contributed by atoms with Crippen molar-refractivity contribution in [1.82, 2.24) is 0 Å². The minimum absolute atomic E-state index is 0.0416. The maximum atomic E-state index is 10.5. The fourth-order valence-corrected chi connectivity index (χ4v) is 1.18. The van der Waals surface area contributed by atoms with Gasteiger partial charge in [0.25, 0.3) is 5.69 Å². The molecule has 0 aliphatic carbocycles. The van der Waals surface area contributed by atoms with Crippen LogP contribution in [0.3, 0.4) is 0 Å². The molecule has 0 fully saturated rings. The molecule has 0 atom stereocenters. The molecule has 0 aromatic heterocycles. The Labute approximate surface area is 85.6 Å². The Balaban J connectivity index is 3.21. The Bertz CT molecular complexity index is 368. The molecule has 0 amide bonds. The van der Waals surface area contributed by atoms with Crippen molar-refractivity contribution in [3.63, 3.8) is 0 Å². The van der Waals surface area contributed by atoms with E-state index >= 15 is 0 Å². The van der Waals surface area contributed by atoms with Gasteiger partial charge in [-0.15, -0.1) is 0 Å². The molecule has 1 aromatic rings. The van der Waals surface area contributed by atoms with Crippen LogP contribution in [0.2, 0.25) is 5.02 Å². The lowest BCUT2D eigenvalue weighted by Gasteiger charge is -2.05. The van der Waals surface area contributed by atoms with Crippen LogP contribution < -0.4 is 10.5 Å². The van der Waals surface area contributed by atoms with Gasteiger partial charge >= 0.3 is 0 Å². The minimum Gasteiger partial charge on any atom is -0.494 e. The van der Waals surface area contributed by atoms with E-state index in [0.29, 0.717) is 12.4 Å². The van der Waals surface area contributed by atoms with Gasteiger partial charge in [0.05, 0.1) is 22.6 Å². The van der Waals surface area contributed by atoms with Crippen molar-refractivity contribution in [1.29, 1.82) is 0 Å². The number of nitro benzene ring substituents is 1. The van der Waals surface area contributed by atoms with E-state index in [9.17, 15) is 10.1 Å². The summed E-state index contributed by atoms with van der Waals surface area (Å²) in [6.45, 7) is 2.19. The molecule has 5 nitrogen and oxygen atoms in total. The number of benzene rings is 1. The fourth-order valence-electron chi connectivity index (χ4n) is 0.980. The predicted molar refractivity (Wildman–Crippen MR) is 53.7 cm³/mol. The summed E-state index contributed by atoms with van der Waals surface area (Å²) in [5.74, 6) is 0.346. The Hall–Kier alpha value is -1.49. The zero-order valence-corrected chi connectivity index (χ0v) is 8.25. The van der Waals surface area contributed by atoms with Crippen LogP contribution in [0.5, 0.6) is 5.75 Å². The molecular formula is C8H9ClN2O3. The van der Waals surface area contributed by atoms with Crippen molar-refractivity contribution in [3.05, 3.63) is 27.3 Å². The first-order chi connectivity index (χ1) is 6.56. The van der Waals surface area contributed by atoms with E-state index in [0.717, 1.165) is 0 Å². The topological polar surface area (TPSA) is 78.4 Å². The number of nitro groups is 1. The molecule has 0 saturated heterocycles. The zero-order chi connectivity index (χ0) is 10.7. The molecule has 14 heavy (non-hydrogen) atoms. The lowest BCUT2D eigenvalue weighted by atomic mass is 10.2. The van der Waals surface area contributed by atoms with E-state index in [-0.39, 0.29) is 16.4 Å². The third kappa shape index (κ3) is 2.05. The Morgan fingerprint density at radius 2 is 2.29 bits per heavy atom. The maximum Gasteiger partial charge on any atom is 0.297 e. The van der Waals surface area contributed by atoms with Gasteiger partial charge in [0, 0.05) is 6.07 Å². The maximum absolute atomic E-state index is 10.5. The lowest BCUT2D eigenvalue weighted by Crippen LogP contribution is -1.99. The van der Waals surface area contributed by atoms with Crippen LogP contribution in [-0.2, 0) is 0 Å². The highest BCUT2D eigenvalue weighted by molar-refractivity contribution is 6.33. The number of anilines is 1. The molecule has 0 aliphatic heterocycles. The van der Waals surface area contributed by atoms with Crippen molar-refractivity contribution in [2.45, 2.75) is 6.92 Å². The van der Waals surface area contributed by atoms with Crippen molar-refractivity contribution in [2.75, 3.05) is 12.3 Å². The summed E-state index contributed by atoms with van der Waals surface area (Å²) in [4.78, 5) is 9.95. The highest BCUT2D eigenvalue weighted by Crippen LogP contribution is 2.33. The van der Waals surface area contributed by atoms with Gasteiger partial charge in [0.2, 0.25) is 0 Å². The number of nitrogen functional groups attached to an aromatic ring is 1. The van der Waals surface area contributed by atoms with Crippen molar-refractivity contribution in [3.8, 4) is 5.75 Å². The number of nitrogens with two attached hydrogens (primary N) is 1. The summed E-state index contributed by atoms with van der Waals surface area (Å²) in [7, 11) is 0. The van der Waals surface area contributed by atoms with Gasteiger partial charge in [-0.1, -0.05) is 11.6 Å². The molecule has 6 heteroatoms. The van der Waals surface area contributed by atoms with Gasteiger partial charge in [-0.25, -0.2) is 0 Å². The number of hydrogen-bond acceptors (Lipinski definition) is 4. The molecule has 1 rings (SSSR count). The first-order valence-electron chi connectivity index (χ1n) is 3.92. The van der Waals surface area contributed by atoms with E-state index in [1.54, 1.807) is 6.92 Å². The van der Waals surface area contributed by atoms with E-state index in [2.05, 4.69) is 0 Å². The molecule has 0 bridgehead atoms. The molecule has 0 spiro atoms. The Kier molecular flexibility index (Phi) is 3.14. The molecule has 0 unspecified atom stereocenters. The number of rotatable bonds is 3. The fraction of sp³-hybridized carbons (Fsp3) is 0.250. The first-order valence-corrected chi connectivity index (χ1v) is 4.30. The van der Waals surface area contributed by atoms with Crippen LogP contribution in [0.4, 0.5) is 11.4 Å². The quantitative estimate of drug-likeness (QED) is 0.477. The van der Waals surface area contributed by atoms with Crippen molar-refractivity contribution in [2.24, 2.45) is 0 Å². The van der Waals surface area contributed by atoms with E-state index in [1.165, 1.54) is 12.1 Å². The van der Waals surface area contributed by atoms with Crippen molar-refractivity contribution >= 4 is 23.0 Å². The SMILES string of the molecule is CCOc1cc(Cl)c(N)c([N+](=O)[O-])c1. The standard InChI is InChI=1S/C8H9ClN2O3/c1-2-14-5-3-6(9)8(10)7(4-5)11(12)13/h3-4H,2,10H2,1H3. The van der Waals surface area contributed by atoms with Crippen LogP contribution in [0.25, 0.3) is 0 Å². The van der Waals surface area contributed by atoms with Crippen LogP contribution in [0.15, 0.2) is 12.1 Å².